The van der Waals surface area contributed by atoms with E-state index in [1.54, 1.807) is 30.3 Å². The molecule has 1 amide bonds. The number of aryl methyl sites for hydroxylation is 2. The van der Waals surface area contributed by atoms with Gasteiger partial charge >= 0.3 is 0 Å². The molecule has 0 atom stereocenters. The first-order chi connectivity index (χ1) is 19.0. The Morgan fingerprint density at radius 1 is 0.923 bits per heavy atom. The molecule has 1 aliphatic carbocycles. The van der Waals surface area contributed by atoms with Crippen molar-refractivity contribution < 1.29 is 15.0 Å². The highest BCUT2D eigenvalue weighted by atomic mass is 16.3. The number of phenols is 2. The molecule has 4 N–H and O–H groups in total. The number of H-pyrrole nitrogens is 1. The summed E-state index contributed by atoms with van der Waals surface area (Å²) in [7, 11) is 0. The fourth-order valence-electron chi connectivity index (χ4n) is 4.83. The Morgan fingerprint density at radius 2 is 1.67 bits per heavy atom. The standard InChI is InChI=1S/C30H31N5O4/c36-25-17-18-26(37)21(19-25)14-11-20-12-15-23(16-13-20)32-33-28-27(29(38)31-22-7-3-1-4-8-22)34-35(30(28)39)24-9-5-2-6-10-24/h2,5-6,9-10,12-13,15-19,22,34,36-37H,1,3-4,7-8,11,14H2,(H,31,38). The lowest BCUT2D eigenvalue weighted by atomic mass is 9.95. The van der Waals surface area contributed by atoms with Gasteiger partial charge in [-0.05, 0) is 79.3 Å². The fraction of sp³-hybridized carbons (Fsp3) is 0.267. The number of amides is 1. The lowest BCUT2D eigenvalue weighted by molar-refractivity contribution is 0.0923. The number of phenolic OH excluding ortho intramolecular Hbond substituents is 2. The van der Waals surface area contributed by atoms with E-state index in [1.165, 1.54) is 23.2 Å². The minimum atomic E-state index is -0.457. The molecule has 0 radical (unpaired) electrons. The molecule has 1 aliphatic rings. The van der Waals surface area contributed by atoms with Crippen molar-refractivity contribution in [3.05, 3.63) is 100.0 Å². The molecule has 1 aromatic heterocycles. The number of nitrogens with zero attached hydrogens (tertiary/aromatic N) is 3. The van der Waals surface area contributed by atoms with Crippen LogP contribution in [0.5, 0.6) is 11.5 Å². The van der Waals surface area contributed by atoms with Crippen LogP contribution in [0.2, 0.25) is 0 Å². The molecule has 9 nitrogen and oxygen atoms in total. The van der Waals surface area contributed by atoms with E-state index < -0.39 is 5.56 Å². The molecular formula is C30H31N5O4. The van der Waals surface area contributed by atoms with E-state index in [1.807, 2.05) is 30.3 Å². The van der Waals surface area contributed by atoms with E-state index in [0.29, 0.717) is 29.8 Å². The number of carbonyl (C=O) groups is 1. The summed E-state index contributed by atoms with van der Waals surface area (Å²) in [6.07, 6.45) is 6.37. The summed E-state index contributed by atoms with van der Waals surface area (Å²) in [6.45, 7) is 0. The minimum Gasteiger partial charge on any atom is -0.508 e. The molecule has 0 spiro atoms. The van der Waals surface area contributed by atoms with Gasteiger partial charge in [0.25, 0.3) is 11.5 Å². The van der Waals surface area contributed by atoms with Gasteiger partial charge in [0, 0.05) is 6.04 Å². The number of aromatic amines is 1. The number of carbonyl (C=O) groups excluding carboxylic acids is 1. The molecule has 0 saturated heterocycles. The predicted octanol–water partition coefficient (Wildman–Crippen LogP) is 5.84. The van der Waals surface area contributed by atoms with Gasteiger partial charge < -0.3 is 15.5 Å². The van der Waals surface area contributed by atoms with Crippen LogP contribution in [-0.4, -0.2) is 31.9 Å². The highest BCUT2D eigenvalue weighted by Crippen LogP contribution is 2.25. The van der Waals surface area contributed by atoms with Gasteiger partial charge in [0.15, 0.2) is 11.4 Å². The Kier molecular flexibility index (Phi) is 7.86. The van der Waals surface area contributed by atoms with E-state index in [2.05, 4.69) is 20.6 Å². The molecule has 4 aromatic rings. The van der Waals surface area contributed by atoms with Crippen LogP contribution < -0.4 is 10.9 Å². The lowest BCUT2D eigenvalue weighted by Gasteiger charge is -2.22. The summed E-state index contributed by atoms with van der Waals surface area (Å²) >= 11 is 0. The van der Waals surface area contributed by atoms with Gasteiger partial charge in [-0.15, -0.1) is 5.11 Å². The number of nitrogens with one attached hydrogen (secondary N) is 2. The van der Waals surface area contributed by atoms with Gasteiger partial charge in [-0.2, -0.15) is 5.11 Å². The van der Waals surface area contributed by atoms with Gasteiger partial charge in [0.1, 0.15) is 11.5 Å². The number of benzene rings is 3. The number of rotatable bonds is 8. The van der Waals surface area contributed by atoms with Crippen molar-refractivity contribution >= 4 is 17.3 Å². The van der Waals surface area contributed by atoms with E-state index in [-0.39, 0.29) is 34.8 Å². The molecular weight excluding hydrogens is 494 g/mol. The van der Waals surface area contributed by atoms with E-state index in [0.717, 1.165) is 31.2 Å². The Labute approximate surface area is 225 Å². The van der Waals surface area contributed by atoms with Crippen LogP contribution in [-0.2, 0) is 12.8 Å². The van der Waals surface area contributed by atoms with E-state index in [4.69, 9.17) is 0 Å². The third kappa shape index (κ3) is 6.26. The number of aromatic nitrogens is 2. The minimum absolute atomic E-state index is 0.0457. The average Bonchev–Trinajstić information content (AvgIpc) is 3.30. The Morgan fingerprint density at radius 3 is 2.41 bits per heavy atom. The van der Waals surface area contributed by atoms with Crippen molar-refractivity contribution in [2.45, 2.75) is 51.0 Å². The summed E-state index contributed by atoms with van der Waals surface area (Å²) in [6, 6.07) is 20.9. The van der Waals surface area contributed by atoms with Crippen LogP contribution in [0.15, 0.2) is 87.8 Å². The molecule has 3 aromatic carbocycles. The van der Waals surface area contributed by atoms with Gasteiger partial charge in [0.05, 0.1) is 11.4 Å². The number of hydrogen-bond acceptors (Lipinski definition) is 6. The number of hydrogen-bond donors (Lipinski definition) is 4. The van der Waals surface area contributed by atoms with Crippen LogP contribution in [0.4, 0.5) is 11.4 Å². The van der Waals surface area contributed by atoms with Gasteiger partial charge in [0.2, 0.25) is 0 Å². The molecule has 200 valence electrons. The fourth-order valence-corrected chi connectivity index (χ4v) is 4.83. The second-order valence-corrected chi connectivity index (χ2v) is 9.80. The Hall–Kier alpha value is -4.66. The van der Waals surface area contributed by atoms with Gasteiger partial charge in [-0.25, -0.2) is 4.68 Å². The van der Waals surface area contributed by atoms with Gasteiger partial charge in [-0.1, -0.05) is 49.6 Å². The molecule has 1 fully saturated rings. The van der Waals surface area contributed by atoms with E-state index in [9.17, 15) is 19.8 Å². The van der Waals surface area contributed by atoms with Crippen LogP contribution in [0.25, 0.3) is 5.69 Å². The molecule has 0 bridgehead atoms. The highest BCUT2D eigenvalue weighted by Gasteiger charge is 2.24. The van der Waals surface area contributed by atoms with Gasteiger partial charge in [-0.3, -0.25) is 14.7 Å². The predicted molar refractivity (Wildman–Crippen MR) is 149 cm³/mol. The normalized spacial score (nSPS) is 14.1. The maximum atomic E-state index is 13.3. The summed E-state index contributed by atoms with van der Waals surface area (Å²) in [5, 5.41) is 34.1. The first-order valence-corrected chi connectivity index (χ1v) is 13.2. The maximum Gasteiger partial charge on any atom is 0.299 e. The summed E-state index contributed by atoms with van der Waals surface area (Å²) < 4.78 is 1.31. The third-order valence-corrected chi connectivity index (χ3v) is 7.00. The monoisotopic (exact) mass is 525 g/mol. The SMILES string of the molecule is O=C(NC1CCCCC1)c1[nH]n(-c2ccccc2)c(=O)c1N=Nc1ccc(CCc2cc(O)ccc2O)cc1. The van der Waals surface area contributed by atoms with Crippen LogP contribution >= 0.6 is 0 Å². The molecule has 9 heteroatoms. The quantitative estimate of drug-likeness (QED) is 0.170. The second-order valence-electron chi connectivity index (χ2n) is 9.80. The maximum absolute atomic E-state index is 13.3. The van der Waals surface area contributed by atoms with Crippen LogP contribution in [0, 0.1) is 0 Å². The molecule has 5 rings (SSSR count). The Balaban J connectivity index is 1.36. The van der Waals surface area contributed by atoms with Crippen molar-refractivity contribution in [1.82, 2.24) is 15.1 Å². The van der Waals surface area contributed by atoms with Crippen molar-refractivity contribution in [1.29, 1.82) is 0 Å². The molecule has 1 saturated carbocycles. The van der Waals surface area contributed by atoms with Crippen molar-refractivity contribution in [3.8, 4) is 17.2 Å². The number of azo groups is 1. The van der Waals surface area contributed by atoms with Crippen LogP contribution in [0.1, 0.15) is 53.7 Å². The largest absolute Gasteiger partial charge is 0.508 e. The zero-order valence-corrected chi connectivity index (χ0v) is 21.5. The summed E-state index contributed by atoms with van der Waals surface area (Å²) in [4.78, 5) is 26.5. The molecule has 0 unspecified atom stereocenters. The Bertz CT molecular complexity index is 1520. The molecule has 39 heavy (non-hydrogen) atoms. The average molecular weight is 526 g/mol. The third-order valence-electron chi connectivity index (χ3n) is 7.00. The smallest absolute Gasteiger partial charge is 0.299 e. The zero-order chi connectivity index (χ0) is 27.2. The first-order valence-electron chi connectivity index (χ1n) is 13.2. The van der Waals surface area contributed by atoms with Crippen molar-refractivity contribution in [3.63, 3.8) is 0 Å². The van der Waals surface area contributed by atoms with Crippen molar-refractivity contribution in [2.75, 3.05) is 0 Å². The second kappa shape index (κ2) is 11.8. The summed E-state index contributed by atoms with van der Waals surface area (Å²) in [5.74, 6) is -0.108. The lowest BCUT2D eigenvalue weighted by Crippen LogP contribution is -2.36. The number of para-hydroxylation sites is 1. The van der Waals surface area contributed by atoms with Crippen LogP contribution in [0.3, 0.4) is 0 Å². The molecule has 0 aliphatic heterocycles. The molecule has 1 heterocycles. The van der Waals surface area contributed by atoms with Crippen molar-refractivity contribution in [2.24, 2.45) is 10.2 Å². The highest BCUT2D eigenvalue weighted by molar-refractivity contribution is 5.97. The van der Waals surface area contributed by atoms with E-state index >= 15 is 0 Å². The number of aromatic hydroxyl groups is 2. The summed E-state index contributed by atoms with van der Waals surface area (Å²) in [5.41, 5.74) is 2.39. The first kappa shape index (κ1) is 26.0. The zero-order valence-electron chi connectivity index (χ0n) is 21.5. The topological polar surface area (TPSA) is 132 Å².